The Morgan fingerprint density at radius 2 is 2.00 bits per heavy atom. The first-order chi connectivity index (χ1) is 15.4. The Labute approximate surface area is 181 Å². The van der Waals surface area contributed by atoms with Crippen molar-refractivity contribution in [2.45, 2.75) is 32.2 Å². The molecule has 2 N–H and O–H groups in total. The van der Waals surface area contributed by atoms with E-state index in [2.05, 4.69) is 20.1 Å². The number of rotatable bonds is 5. The summed E-state index contributed by atoms with van der Waals surface area (Å²) >= 11 is 0. The highest BCUT2D eigenvalue weighted by molar-refractivity contribution is 5.67. The zero-order chi connectivity index (χ0) is 22.4. The molecule has 0 bridgehead atoms. The van der Waals surface area contributed by atoms with Gasteiger partial charge in [0.25, 0.3) is 5.56 Å². The number of hydrogen-bond donors (Lipinski definition) is 2. The minimum atomic E-state index is -0.657. The van der Waals surface area contributed by atoms with E-state index in [0.29, 0.717) is 22.9 Å². The van der Waals surface area contributed by atoms with Gasteiger partial charge in [-0.1, -0.05) is 12.1 Å². The fourth-order valence-corrected chi connectivity index (χ4v) is 3.67. The van der Waals surface area contributed by atoms with Crippen molar-refractivity contribution in [2.75, 3.05) is 0 Å². The molecule has 1 saturated carbocycles. The maximum Gasteiger partial charge on any atom is 0.258 e. The molecule has 0 saturated heterocycles. The summed E-state index contributed by atoms with van der Waals surface area (Å²) in [7, 11) is 0. The Hall–Kier alpha value is -3.88. The summed E-state index contributed by atoms with van der Waals surface area (Å²) in [5.41, 5.74) is 1.30. The summed E-state index contributed by atoms with van der Waals surface area (Å²) in [6, 6.07) is 8.06. The molecule has 4 aromatic rings. The molecule has 162 valence electrons. The second kappa shape index (κ2) is 7.67. The molecule has 9 heteroatoms. The van der Waals surface area contributed by atoms with E-state index in [0.717, 1.165) is 12.8 Å². The maximum atomic E-state index is 14.8. The molecule has 0 aliphatic heterocycles. The standard InChI is InChI=1S/C23H19F2N5O2/c1-12-15(6-8-26-20(12)25)16-5-2-13(11-18(16)24)10-17-22(31)27-21(28-23(17)32)19-7-9-30(29-19)14-3-4-14/h2,5-9,11,14H,3-4,10H2,1H3,(H2,27,28,31,32). The van der Waals surface area contributed by atoms with Crippen LogP contribution in [0.2, 0.25) is 0 Å². The molecule has 0 atom stereocenters. The molecule has 3 aromatic heterocycles. The average Bonchev–Trinajstić information content (AvgIpc) is 3.49. The summed E-state index contributed by atoms with van der Waals surface area (Å²) in [5, 5.41) is 14.8. The normalized spacial score (nSPS) is 13.5. The van der Waals surface area contributed by atoms with E-state index in [4.69, 9.17) is 0 Å². The average molecular weight is 435 g/mol. The summed E-state index contributed by atoms with van der Waals surface area (Å²) in [6.45, 7) is 1.53. The van der Waals surface area contributed by atoms with Crippen LogP contribution in [0.3, 0.4) is 0 Å². The molecule has 0 spiro atoms. The highest BCUT2D eigenvalue weighted by Gasteiger charge is 2.25. The molecule has 1 aliphatic rings. The monoisotopic (exact) mass is 435 g/mol. The fourth-order valence-electron chi connectivity index (χ4n) is 3.67. The molecular formula is C23H19F2N5O2. The first-order valence-electron chi connectivity index (χ1n) is 10.2. The first-order valence-corrected chi connectivity index (χ1v) is 10.2. The molecule has 0 amide bonds. The Morgan fingerprint density at radius 1 is 1.19 bits per heavy atom. The number of halogens is 2. The van der Waals surface area contributed by atoms with Gasteiger partial charge in [-0.3, -0.25) is 9.48 Å². The molecule has 3 heterocycles. The fraction of sp³-hybridized carbons (Fsp3) is 0.217. The van der Waals surface area contributed by atoms with Crippen LogP contribution in [0, 0.1) is 18.7 Å². The van der Waals surface area contributed by atoms with Crippen molar-refractivity contribution in [1.82, 2.24) is 24.7 Å². The van der Waals surface area contributed by atoms with Gasteiger partial charge in [-0.15, -0.1) is 0 Å². The molecule has 7 nitrogen and oxygen atoms in total. The van der Waals surface area contributed by atoms with Gasteiger partial charge in [0, 0.05) is 29.9 Å². The molecule has 1 aliphatic carbocycles. The van der Waals surface area contributed by atoms with E-state index in [1.165, 1.54) is 25.3 Å². The van der Waals surface area contributed by atoms with E-state index in [1.807, 2.05) is 10.9 Å². The van der Waals surface area contributed by atoms with Gasteiger partial charge in [0.2, 0.25) is 11.8 Å². The van der Waals surface area contributed by atoms with Crippen LogP contribution < -0.4 is 5.56 Å². The topological polar surface area (TPSA) is 96.7 Å². The molecule has 1 aromatic carbocycles. The number of H-pyrrole nitrogens is 1. The first kappa shape index (κ1) is 20.0. The van der Waals surface area contributed by atoms with Crippen molar-refractivity contribution in [2.24, 2.45) is 0 Å². The molecule has 32 heavy (non-hydrogen) atoms. The van der Waals surface area contributed by atoms with Crippen molar-refractivity contribution in [1.29, 1.82) is 0 Å². The Morgan fingerprint density at radius 3 is 2.72 bits per heavy atom. The predicted molar refractivity (Wildman–Crippen MR) is 113 cm³/mol. The van der Waals surface area contributed by atoms with E-state index in [1.54, 1.807) is 18.2 Å². The zero-order valence-corrected chi connectivity index (χ0v) is 17.1. The lowest BCUT2D eigenvalue weighted by Crippen LogP contribution is -2.16. The van der Waals surface area contributed by atoms with Crippen molar-refractivity contribution in [3.05, 3.63) is 81.5 Å². The van der Waals surface area contributed by atoms with Gasteiger partial charge in [0.15, 0.2) is 5.82 Å². The Kier molecular flexibility index (Phi) is 4.80. The van der Waals surface area contributed by atoms with Crippen LogP contribution in [0.1, 0.15) is 35.6 Å². The third kappa shape index (κ3) is 3.66. The molecule has 0 radical (unpaired) electrons. The van der Waals surface area contributed by atoms with E-state index in [9.17, 15) is 18.7 Å². The summed E-state index contributed by atoms with van der Waals surface area (Å²) in [6.07, 6.45) is 5.22. The van der Waals surface area contributed by atoms with Crippen LogP contribution in [-0.2, 0) is 6.42 Å². The lowest BCUT2D eigenvalue weighted by Gasteiger charge is -2.10. The largest absolute Gasteiger partial charge is 0.493 e. The van der Waals surface area contributed by atoms with E-state index >= 15 is 0 Å². The molecular weight excluding hydrogens is 416 g/mol. The number of hydrogen-bond acceptors (Lipinski definition) is 5. The van der Waals surface area contributed by atoms with E-state index in [-0.39, 0.29) is 28.9 Å². The predicted octanol–water partition coefficient (Wildman–Crippen LogP) is 3.91. The van der Waals surface area contributed by atoms with E-state index < -0.39 is 23.2 Å². The summed E-state index contributed by atoms with van der Waals surface area (Å²) < 4.78 is 30.4. The van der Waals surface area contributed by atoms with Crippen LogP contribution in [0.25, 0.3) is 22.6 Å². The third-order valence-electron chi connectivity index (χ3n) is 5.61. The van der Waals surface area contributed by atoms with Gasteiger partial charge in [-0.25, -0.2) is 9.37 Å². The van der Waals surface area contributed by atoms with Crippen LogP contribution in [0.5, 0.6) is 5.88 Å². The number of nitrogens with one attached hydrogen (secondary N) is 1. The molecule has 1 fully saturated rings. The second-order valence-electron chi connectivity index (χ2n) is 7.89. The van der Waals surface area contributed by atoms with Crippen molar-refractivity contribution >= 4 is 0 Å². The van der Waals surface area contributed by atoms with Gasteiger partial charge < -0.3 is 10.1 Å². The van der Waals surface area contributed by atoms with Gasteiger partial charge in [-0.2, -0.15) is 14.5 Å². The lowest BCUT2D eigenvalue weighted by molar-refractivity contribution is 0.445. The Bertz CT molecular complexity index is 1390. The van der Waals surface area contributed by atoms with Crippen molar-refractivity contribution in [3.63, 3.8) is 0 Å². The number of pyridine rings is 1. The van der Waals surface area contributed by atoms with Crippen LogP contribution in [0.4, 0.5) is 8.78 Å². The highest BCUT2D eigenvalue weighted by atomic mass is 19.1. The van der Waals surface area contributed by atoms with Gasteiger partial charge in [0.05, 0.1) is 11.6 Å². The van der Waals surface area contributed by atoms with Crippen LogP contribution in [0.15, 0.2) is 47.5 Å². The molecule has 0 unspecified atom stereocenters. The van der Waals surface area contributed by atoms with Gasteiger partial charge in [0.1, 0.15) is 11.5 Å². The highest BCUT2D eigenvalue weighted by Crippen LogP contribution is 2.34. The smallest absolute Gasteiger partial charge is 0.258 e. The quantitative estimate of drug-likeness (QED) is 0.463. The Balaban J connectivity index is 1.43. The lowest BCUT2D eigenvalue weighted by atomic mass is 9.98. The van der Waals surface area contributed by atoms with Gasteiger partial charge >= 0.3 is 0 Å². The minimum Gasteiger partial charge on any atom is -0.493 e. The SMILES string of the molecule is Cc1c(-c2ccc(Cc3c(O)nc(-c4ccn(C5CC5)n4)[nH]c3=O)cc2F)ccnc1F. The number of benzene rings is 1. The zero-order valence-electron chi connectivity index (χ0n) is 17.1. The third-order valence-corrected chi connectivity index (χ3v) is 5.61. The second-order valence-corrected chi connectivity index (χ2v) is 7.89. The van der Waals surface area contributed by atoms with Gasteiger partial charge in [-0.05, 0) is 49.1 Å². The van der Waals surface area contributed by atoms with Crippen molar-refractivity contribution in [3.8, 4) is 28.5 Å². The summed E-state index contributed by atoms with van der Waals surface area (Å²) in [5.74, 6) is -1.48. The number of nitrogens with zero attached hydrogens (tertiary/aromatic N) is 4. The van der Waals surface area contributed by atoms with Crippen LogP contribution >= 0.6 is 0 Å². The maximum absolute atomic E-state index is 14.8. The number of aromatic amines is 1. The minimum absolute atomic E-state index is 0.0219. The summed E-state index contributed by atoms with van der Waals surface area (Å²) in [4.78, 5) is 22.9. The number of aromatic nitrogens is 5. The number of aromatic hydroxyl groups is 1. The molecule has 5 rings (SSSR count). The van der Waals surface area contributed by atoms with Crippen LogP contribution in [-0.4, -0.2) is 29.8 Å². The van der Waals surface area contributed by atoms with Crippen molar-refractivity contribution < 1.29 is 13.9 Å².